The first-order chi connectivity index (χ1) is 5.56. The van der Waals surface area contributed by atoms with E-state index < -0.39 is 4.97 Å². The van der Waals surface area contributed by atoms with E-state index in [4.69, 9.17) is 10.5 Å². The summed E-state index contributed by atoms with van der Waals surface area (Å²) in [4.78, 5) is 1.07. The standard InChI is InChI=1S/C7H9NO4/c1-6-2-4-7(5-3-6)8(9,10)12-11/h2-5,9,11H,1H3. The summed E-state index contributed by atoms with van der Waals surface area (Å²) in [5.41, 5.74) is 0.847. The van der Waals surface area contributed by atoms with Gasteiger partial charge in [-0.3, -0.25) is 0 Å². The number of hydrogen-bond acceptors (Lipinski definition) is 4. The minimum atomic E-state index is -2.24. The Kier molecular flexibility index (Phi) is 2.41. The zero-order valence-electron chi connectivity index (χ0n) is 6.47. The maximum Gasteiger partial charge on any atom is 0.203 e. The van der Waals surface area contributed by atoms with Crippen molar-refractivity contribution in [2.45, 2.75) is 6.92 Å². The molecule has 1 aromatic carbocycles. The largest absolute Gasteiger partial charge is 0.556 e. The van der Waals surface area contributed by atoms with Crippen LogP contribution in [-0.2, 0) is 4.99 Å². The van der Waals surface area contributed by atoms with Gasteiger partial charge in [-0.1, -0.05) is 17.7 Å². The second kappa shape index (κ2) is 3.18. The van der Waals surface area contributed by atoms with Crippen molar-refractivity contribution < 1.29 is 15.5 Å². The van der Waals surface area contributed by atoms with Crippen LogP contribution in [0.1, 0.15) is 5.56 Å². The SMILES string of the molecule is Cc1ccc([N+]([O-])(O)OO)cc1. The van der Waals surface area contributed by atoms with Crippen LogP contribution >= 0.6 is 0 Å². The monoisotopic (exact) mass is 171 g/mol. The van der Waals surface area contributed by atoms with Gasteiger partial charge in [-0.25, -0.2) is 0 Å². The van der Waals surface area contributed by atoms with Gasteiger partial charge < -0.3 is 5.21 Å². The molecule has 0 heterocycles. The molecular weight excluding hydrogens is 162 g/mol. The van der Waals surface area contributed by atoms with E-state index in [-0.39, 0.29) is 5.69 Å². The minimum absolute atomic E-state index is 0.0944. The molecule has 0 bridgehead atoms. The first-order valence-electron chi connectivity index (χ1n) is 3.29. The van der Waals surface area contributed by atoms with E-state index in [1.165, 1.54) is 12.1 Å². The predicted molar refractivity (Wildman–Crippen MR) is 41.8 cm³/mol. The Morgan fingerprint density at radius 2 is 1.83 bits per heavy atom. The minimum Gasteiger partial charge on any atom is -0.556 e. The van der Waals surface area contributed by atoms with Crippen molar-refractivity contribution in [3.8, 4) is 0 Å². The lowest BCUT2D eigenvalue weighted by atomic mass is 10.2. The lowest BCUT2D eigenvalue weighted by molar-refractivity contribution is -0.457. The average Bonchev–Trinajstić information content (AvgIpc) is 2.05. The van der Waals surface area contributed by atoms with Crippen molar-refractivity contribution in [3.63, 3.8) is 0 Å². The molecule has 0 amide bonds. The maximum absolute atomic E-state index is 10.8. The summed E-state index contributed by atoms with van der Waals surface area (Å²) in [6.07, 6.45) is 0. The molecule has 0 aliphatic heterocycles. The van der Waals surface area contributed by atoms with Crippen LogP contribution < -0.4 is 4.97 Å². The number of aryl methyl sites for hydroxylation is 1. The number of hydrogen-bond donors (Lipinski definition) is 2. The van der Waals surface area contributed by atoms with Crippen LogP contribution in [0.4, 0.5) is 5.69 Å². The summed E-state index contributed by atoms with van der Waals surface area (Å²) in [7, 11) is 0. The molecule has 0 spiro atoms. The summed E-state index contributed by atoms with van der Waals surface area (Å²) in [5, 5.41) is 27.6. The highest BCUT2D eigenvalue weighted by molar-refractivity contribution is 5.40. The Labute approximate surface area is 69.1 Å². The van der Waals surface area contributed by atoms with Gasteiger partial charge in [0.15, 0.2) is 0 Å². The molecule has 0 fully saturated rings. The third-order valence-corrected chi connectivity index (χ3v) is 1.47. The van der Waals surface area contributed by atoms with Crippen LogP contribution in [0.15, 0.2) is 24.3 Å². The van der Waals surface area contributed by atoms with Crippen molar-refractivity contribution in [3.05, 3.63) is 35.0 Å². The molecule has 2 N–H and O–H groups in total. The van der Waals surface area contributed by atoms with Crippen LogP contribution in [0.2, 0.25) is 0 Å². The van der Waals surface area contributed by atoms with Crippen LogP contribution in [0.25, 0.3) is 0 Å². The molecule has 12 heavy (non-hydrogen) atoms. The normalized spacial score (nSPS) is 15.7. The molecule has 0 aliphatic rings. The molecular formula is C7H9NO4. The predicted octanol–water partition coefficient (Wildman–Crippen LogP) is 1.59. The molecule has 0 aromatic heterocycles. The van der Waals surface area contributed by atoms with Crippen LogP contribution in [0.3, 0.4) is 0 Å². The first kappa shape index (κ1) is 9.11. The fourth-order valence-electron chi connectivity index (χ4n) is 0.780. The van der Waals surface area contributed by atoms with Gasteiger partial charge in [-0.15, -0.1) is 0 Å². The van der Waals surface area contributed by atoms with Gasteiger partial charge in [0, 0.05) is 17.1 Å². The molecule has 5 heteroatoms. The Hall–Kier alpha value is -0.980. The van der Waals surface area contributed by atoms with Gasteiger partial charge in [0.25, 0.3) is 0 Å². The lowest BCUT2D eigenvalue weighted by Crippen LogP contribution is -2.37. The van der Waals surface area contributed by atoms with E-state index in [0.29, 0.717) is 0 Å². The Bertz CT molecular complexity index is 257. The third-order valence-electron chi connectivity index (χ3n) is 1.47. The van der Waals surface area contributed by atoms with Gasteiger partial charge in [-0.2, -0.15) is 10.5 Å². The van der Waals surface area contributed by atoms with Gasteiger partial charge in [0.1, 0.15) is 0 Å². The zero-order valence-corrected chi connectivity index (χ0v) is 6.47. The van der Waals surface area contributed by atoms with Gasteiger partial charge in [0.2, 0.25) is 5.69 Å². The third kappa shape index (κ3) is 1.79. The van der Waals surface area contributed by atoms with Gasteiger partial charge in [0.05, 0.1) is 0 Å². The van der Waals surface area contributed by atoms with Crippen LogP contribution in [-0.4, -0.2) is 10.5 Å². The molecule has 0 aliphatic carbocycles. The van der Waals surface area contributed by atoms with E-state index in [9.17, 15) is 5.21 Å². The molecule has 0 saturated carbocycles. The number of quaternary nitrogens is 1. The first-order valence-corrected chi connectivity index (χ1v) is 3.29. The fraction of sp³-hybridized carbons (Fsp3) is 0.143. The van der Waals surface area contributed by atoms with E-state index >= 15 is 0 Å². The van der Waals surface area contributed by atoms with Gasteiger partial charge >= 0.3 is 0 Å². The maximum atomic E-state index is 10.8. The van der Waals surface area contributed by atoms with E-state index in [0.717, 1.165) is 5.56 Å². The topological polar surface area (TPSA) is 72.8 Å². The smallest absolute Gasteiger partial charge is 0.203 e. The molecule has 5 nitrogen and oxygen atoms in total. The quantitative estimate of drug-likeness (QED) is 0.402. The van der Waals surface area contributed by atoms with Crippen molar-refractivity contribution in [2.75, 3.05) is 0 Å². The summed E-state index contributed by atoms with van der Waals surface area (Å²) in [5.74, 6) is 0. The van der Waals surface area contributed by atoms with Crippen LogP contribution in [0, 0.1) is 12.1 Å². The van der Waals surface area contributed by atoms with Crippen molar-refractivity contribution >= 4 is 5.69 Å². The Morgan fingerprint density at radius 1 is 1.33 bits per heavy atom. The molecule has 1 aromatic rings. The molecule has 0 radical (unpaired) electrons. The molecule has 1 atom stereocenters. The Balaban J connectivity index is 2.96. The van der Waals surface area contributed by atoms with E-state index in [1.54, 1.807) is 12.1 Å². The number of nitrogens with zero attached hydrogens (tertiary/aromatic N) is 1. The second-order valence-corrected chi connectivity index (χ2v) is 2.44. The molecule has 66 valence electrons. The highest BCUT2D eigenvalue weighted by Crippen LogP contribution is 2.19. The molecule has 1 unspecified atom stereocenters. The van der Waals surface area contributed by atoms with Gasteiger partial charge in [-0.05, 0) is 11.9 Å². The van der Waals surface area contributed by atoms with Crippen molar-refractivity contribution in [1.82, 2.24) is 4.97 Å². The average molecular weight is 171 g/mol. The highest BCUT2D eigenvalue weighted by atomic mass is 17.3. The summed E-state index contributed by atoms with van der Waals surface area (Å²) in [6, 6.07) is 5.96. The number of rotatable bonds is 2. The van der Waals surface area contributed by atoms with Crippen molar-refractivity contribution in [1.29, 1.82) is 0 Å². The Morgan fingerprint density at radius 3 is 2.25 bits per heavy atom. The summed E-state index contributed by atoms with van der Waals surface area (Å²) < 4.78 is 0. The highest BCUT2D eigenvalue weighted by Gasteiger charge is 2.19. The summed E-state index contributed by atoms with van der Waals surface area (Å²) in [6.45, 7) is 1.83. The number of benzene rings is 1. The summed E-state index contributed by atoms with van der Waals surface area (Å²) >= 11 is 0. The van der Waals surface area contributed by atoms with Crippen LogP contribution in [0.5, 0.6) is 0 Å². The molecule has 1 rings (SSSR count). The molecule has 0 saturated heterocycles. The second-order valence-electron chi connectivity index (χ2n) is 2.44. The van der Waals surface area contributed by atoms with E-state index in [2.05, 4.69) is 4.99 Å². The van der Waals surface area contributed by atoms with E-state index in [1.807, 2.05) is 6.92 Å². The fourth-order valence-corrected chi connectivity index (χ4v) is 0.780. The lowest BCUT2D eigenvalue weighted by Gasteiger charge is -2.24. The zero-order chi connectivity index (χ0) is 9.19. The van der Waals surface area contributed by atoms with Crippen molar-refractivity contribution in [2.24, 2.45) is 0 Å².